The number of anilines is 1. The van der Waals surface area contributed by atoms with Crippen LogP contribution in [0.2, 0.25) is 0 Å². The number of nitro benzene ring substituents is 1. The van der Waals surface area contributed by atoms with Crippen molar-refractivity contribution in [2.45, 2.75) is 43.0 Å². The number of sulfonamides is 1. The number of rotatable bonds is 8. The van der Waals surface area contributed by atoms with E-state index in [0.717, 1.165) is 44.5 Å². The Morgan fingerprint density at radius 1 is 1.06 bits per heavy atom. The Kier molecular flexibility index (Phi) is 6.59. The summed E-state index contributed by atoms with van der Waals surface area (Å²) in [6, 6.07) is 7.73. The Bertz CT molecular complexity index is 997. The molecule has 0 amide bonds. The highest BCUT2D eigenvalue weighted by Gasteiger charge is 2.32. The summed E-state index contributed by atoms with van der Waals surface area (Å²) in [5.41, 5.74) is 0.146. The van der Waals surface area contributed by atoms with Gasteiger partial charge in [-0.3, -0.25) is 15.0 Å². The maximum absolute atomic E-state index is 13.2. The third-order valence-corrected chi connectivity index (χ3v) is 7.99. The van der Waals surface area contributed by atoms with Gasteiger partial charge >= 0.3 is 0 Å². The fourth-order valence-corrected chi connectivity index (χ4v) is 6.08. The number of benzene rings is 1. The Labute approximate surface area is 182 Å². The van der Waals surface area contributed by atoms with E-state index in [1.165, 1.54) is 28.9 Å². The molecule has 31 heavy (non-hydrogen) atoms. The van der Waals surface area contributed by atoms with E-state index in [-0.39, 0.29) is 16.6 Å². The normalized spacial score (nSPS) is 19.4. The second kappa shape index (κ2) is 9.37. The smallest absolute Gasteiger partial charge is 0.270 e. The van der Waals surface area contributed by atoms with Crippen molar-refractivity contribution in [1.29, 1.82) is 0 Å². The molecule has 0 aliphatic carbocycles. The lowest BCUT2D eigenvalue weighted by Gasteiger charge is -2.33. The lowest BCUT2D eigenvalue weighted by molar-refractivity contribution is -0.385. The molecule has 10 heteroatoms. The average molecular weight is 449 g/mol. The fraction of sp³-hybridized carbons (Fsp3) is 0.524. The van der Waals surface area contributed by atoms with Gasteiger partial charge in [-0.25, -0.2) is 8.42 Å². The minimum Gasteiger partial charge on any atom is -0.468 e. The number of furan rings is 1. The molecule has 2 aromatic rings. The van der Waals surface area contributed by atoms with E-state index in [1.54, 1.807) is 6.26 Å². The zero-order valence-electron chi connectivity index (χ0n) is 17.4. The molecular formula is C21H28N4O5S. The van der Waals surface area contributed by atoms with Gasteiger partial charge in [-0.1, -0.05) is 6.42 Å². The third kappa shape index (κ3) is 4.76. The van der Waals surface area contributed by atoms with Crippen molar-refractivity contribution in [3.05, 3.63) is 52.5 Å². The summed E-state index contributed by atoms with van der Waals surface area (Å²) in [4.78, 5) is 13.0. The molecule has 0 bridgehead atoms. The minimum atomic E-state index is -3.82. The molecule has 168 valence electrons. The molecule has 4 rings (SSSR count). The van der Waals surface area contributed by atoms with Crippen molar-refractivity contribution in [1.82, 2.24) is 9.21 Å². The highest BCUT2D eigenvalue weighted by atomic mass is 32.2. The Morgan fingerprint density at radius 3 is 2.42 bits per heavy atom. The van der Waals surface area contributed by atoms with Gasteiger partial charge in [-0.15, -0.1) is 0 Å². The van der Waals surface area contributed by atoms with E-state index in [9.17, 15) is 18.5 Å². The van der Waals surface area contributed by atoms with Gasteiger partial charge in [-0.2, -0.15) is 4.31 Å². The number of non-ortho nitro benzene ring substituents is 1. The van der Waals surface area contributed by atoms with Gasteiger partial charge in [0.1, 0.15) is 10.7 Å². The number of hydrogen-bond acceptors (Lipinski definition) is 7. The number of nitro groups is 1. The molecule has 1 atom stereocenters. The standard InChI is InChI=1S/C21H28N4O5S/c26-25(27)17-8-9-18(21(15-17)31(28,29)24-12-4-5-13-24)22-16-19(20-7-6-14-30-20)23-10-2-1-3-11-23/h6-9,14-15,19,22H,1-5,10-13,16H2. The molecule has 1 aromatic heterocycles. The third-order valence-electron chi connectivity index (χ3n) is 6.05. The van der Waals surface area contributed by atoms with E-state index in [4.69, 9.17) is 4.42 Å². The van der Waals surface area contributed by atoms with Crippen LogP contribution in [0.4, 0.5) is 11.4 Å². The highest BCUT2D eigenvalue weighted by molar-refractivity contribution is 7.89. The predicted molar refractivity (Wildman–Crippen MR) is 116 cm³/mol. The molecule has 1 unspecified atom stereocenters. The van der Waals surface area contributed by atoms with Crippen LogP contribution in [-0.4, -0.2) is 55.3 Å². The fourth-order valence-electron chi connectivity index (χ4n) is 4.38. The Balaban J connectivity index is 1.62. The quantitative estimate of drug-likeness (QED) is 0.485. The first kappa shape index (κ1) is 21.8. The van der Waals surface area contributed by atoms with Crippen molar-refractivity contribution in [2.24, 2.45) is 0 Å². The molecule has 2 aliphatic heterocycles. The predicted octanol–water partition coefficient (Wildman–Crippen LogP) is 3.61. The molecule has 9 nitrogen and oxygen atoms in total. The van der Waals surface area contributed by atoms with Crippen molar-refractivity contribution in [2.75, 3.05) is 38.0 Å². The van der Waals surface area contributed by atoms with Crippen LogP contribution in [0, 0.1) is 10.1 Å². The summed E-state index contributed by atoms with van der Waals surface area (Å²) in [6.45, 7) is 3.22. The molecule has 2 fully saturated rings. The van der Waals surface area contributed by atoms with Gasteiger partial charge in [0.05, 0.1) is 22.9 Å². The zero-order chi connectivity index (χ0) is 21.8. The second-order valence-electron chi connectivity index (χ2n) is 8.06. The van der Waals surface area contributed by atoms with Crippen molar-refractivity contribution >= 4 is 21.4 Å². The van der Waals surface area contributed by atoms with Gasteiger partial charge < -0.3 is 9.73 Å². The summed E-state index contributed by atoms with van der Waals surface area (Å²) in [7, 11) is -3.82. The second-order valence-corrected chi connectivity index (χ2v) is 9.96. The Hall–Kier alpha value is -2.43. The van der Waals surface area contributed by atoms with Crippen LogP contribution in [0.15, 0.2) is 45.9 Å². The van der Waals surface area contributed by atoms with E-state index in [0.29, 0.717) is 25.3 Å². The van der Waals surface area contributed by atoms with Crippen LogP contribution in [0.1, 0.15) is 43.9 Å². The minimum absolute atomic E-state index is 0.0413. The van der Waals surface area contributed by atoms with Crippen LogP contribution in [0.5, 0.6) is 0 Å². The molecule has 1 N–H and O–H groups in total. The molecular weight excluding hydrogens is 420 g/mol. The number of nitrogens with zero attached hydrogens (tertiary/aromatic N) is 3. The molecule has 3 heterocycles. The molecule has 1 aromatic carbocycles. The van der Waals surface area contributed by atoms with E-state index >= 15 is 0 Å². The van der Waals surface area contributed by atoms with Gasteiger partial charge in [-0.05, 0) is 57.0 Å². The largest absolute Gasteiger partial charge is 0.468 e. The lowest BCUT2D eigenvalue weighted by Crippen LogP contribution is -2.37. The van der Waals surface area contributed by atoms with Crippen LogP contribution in [-0.2, 0) is 10.0 Å². The molecule has 2 aliphatic rings. The Morgan fingerprint density at radius 2 is 1.77 bits per heavy atom. The van der Waals surface area contributed by atoms with Crippen LogP contribution in [0.25, 0.3) is 0 Å². The average Bonchev–Trinajstić information content (AvgIpc) is 3.49. The monoisotopic (exact) mass is 448 g/mol. The molecule has 0 saturated carbocycles. The van der Waals surface area contributed by atoms with Crippen LogP contribution < -0.4 is 5.32 Å². The molecule has 0 radical (unpaired) electrons. The van der Waals surface area contributed by atoms with Gasteiger partial charge in [0.2, 0.25) is 10.0 Å². The van der Waals surface area contributed by atoms with Crippen LogP contribution in [0.3, 0.4) is 0 Å². The number of likely N-dealkylation sites (tertiary alicyclic amines) is 1. The van der Waals surface area contributed by atoms with Crippen LogP contribution >= 0.6 is 0 Å². The number of hydrogen-bond donors (Lipinski definition) is 1. The van der Waals surface area contributed by atoms with Crippen molar-refractivity contribution in [3.63, 3.8) is 0 Å². The van der Waals surface area contributed by atoms with Gasteiger partial charge in [0.15, 0.2) is 0 Å². The van der Waals surface area contributed by atoms with Gasteiger partial charge in [0, 0.05) is 31.8 Å². The number of nitrogens with one attached hydrogen (secondary N) is 1. The first-order chi connectivity index (χ1) is 15.0. The SMILES string of the molecule is O=[N+]([O-])c1ccc(NCC(c2ccco2)N2CCCCC2)c(S(=O)(=O)N2CCCC2)c1. The summed E-state index contributed by atoms with van der Waals surface area (Å²) >= 11 is 0. The lowest BCUT2D eigenvalue weighted by atomic mass is 10.1. The highest BCUT2D eigenvalue weighted by Crippen LogP contribution is 2.32. The topological polar surface area (TPSA) is 109 Å². The van der Waals surface area contributed by atoms with Crippen molar-refractivity contribution in [3.8, 4) is 0 Å². The zero-order valence-corrected chi connectivity index (χ0v) is 18.2. The molecule has 2 saturated heterocycles. The first-order valence-corrected chi connectivity index (χ1v) is 12.2. The maximum Gasteiger partial charge on any atom is 0.270 e. The van der Waals surface area contributed by atoms with Gasteiger partial charge in [0.25, 0.3) is 5.69 Å². The summed E-state index contributed by atoms with van der Waals surface area (Å²) < 4.78 is 33.6. The number of piperidine rings is 1. The summed E-state index contributed by atoms with van der Waals surface area (Å²) in [5, 5.41) is 14.6. The summed E-state index contributed by atoms with van der Waals surface area (Å²) in [5.74, 6) is 0.820. The maximum atomic E-state index is 13.2. The van der Waals surface area contributed by atoms with E-state index in [1.807, 2.05) is 12.1 Å². The first-order valence-electron chi connectivity index (χ1n) is 10.8. The van der Waals surface area contributed by atoms with E-state index in [2.05, 4.69) is 10.2 Å². The van der Waals surface area contributed by atoms with E-state index < -0.39 is 14.9 Å². The summed E-state index contributed by atoms with van der Waals surface area (Å²) in [6.07, 6.45) is 6.67. The van der Waals surface area contributed by atoms with Crippen molar-refractivity contribution < 1.29 is 17.8 Å². The molecule has 0 spiro atoms.